The zero-order valence-corrected chi connectivity index (χ0v) is 20.3. The summed E-state index contributed by atoms with van der Waals surface area (Å²) in [5, 5.41) is 6.32. The Bertz CT molecular complexity index is 963. The zero-order valence-electron chi connectivity index (χ0n) is 20.3. The van der Waals surface area contributed by atoms with Crippen molar-refractivity contribution in [1.82, 2.24) is 10.6 Å². The number of benzene rings is 2. The number of nitrogens with one attached hydrogen (secondary N) is 2. The highest BCUT2D eigenvalue weighted by Gasteiger charge is 2.23. The van der Waals surface area contributed by atoms with Gasteiger partial charge in [-0.2, -0.15) is 0 Å². The van der Waals surface area contributed by atoms with Gasteiger partial charge in [-0.3, -0.25) is 9.59 Å². The van der Waals surface area contributed by atoms with Crippen LogP contribution in [0.15, 0.2) is 72.8 Å². The Kier molecular flexibility index (Phi) is 8.91. The van der Waals surface area contributed by atoms with Crippen LogP contribution in [-0.4, -0.2) is 26.0 Å². The lowest BCUT2D eigenvalue weighted by molar-refractivity contribution is -0.122. The molecule has 1 aliphatic rings. The van der Waals surface area contributed by atoms with Crippen LogP contribution < -0.4 is 20.1 Å². The van der Waals surface area contributed by atoms with Crippen molar-refractivity contribution in [2.45, 2.75) is 38.8 Å². The molecule has 2 aromatic rings. The van der Waals surface area contributed by atoms with Crippen molar-refractivity contribution in [2.24, 2.45) is 11.8 Å². The second-order valence-corrected chi connectivity index (χ2v) is 8.63. The van der Waals surface area contributed by atoms with E-state index in [1.54, 1.807) is 14.2 Å². The fourth-order valence-corrected chi connectivity index (χ4v) is 4.17. The minimum Gasteiger partial charge on any atom is -0.497 e. The summed E-state index contributed by atoms with van der Waals surface area (Å²) in [7, 11) is 3.25. The van der Waals surface area contributed by atoms with Crippen molar-refractivity contribution in [3.8, 4) is 11.5 Å². The number of carbonyl (C=O) groups excluding carboxylic acids is 2. The number of hydrogen-bond acceptors (Lipinski definition) is 4. The third-order valence-electron chi connectivity index (χ3n) is 6.08. The van der Waals surface area contributed by atoms with Crippen molar-refractivity contribution < 1.29 is 19.1 Å². The van der Waals surface area contributed by atoms with Gasteiger partial charge in [0.05, 0.1) is 26.3 Å². The van der Waals surface area contributed by atoms with E-state index in [0.29, 0.717) is 0 Å². The molecule has 0 bridgehead atoms. The molecule has 3 rings (SSSR count). The lowest BCUT2D eigenvalue weighted by Crippen LogP contribution is -2.33. The highest BCUT2D eigenvalue weighted by atomic mass is 16.5. The molecule has 0 saturated heterocycles. The second-order valence-electron chi connectivity index (χ2n) is 8.63. The summed E-state index contributed by atoms with van der Waals surface area (Å²) in [4.78, 5) is 25.7. The first-order valence-corrected chi connectivity index (χ1v) is 11.6. The first-order chi connectivity index (χ1) is 16.4. The molecule has 6 heteroatoms. The third kappa shape index (κ3) is 6.73. The van der Waals surface area contributed by atoms with Crippen LogP contribution in [0, 0.1) is 11.8 Å². The van der Waals surface area contributed by atoms with Gasteiger partial charge in [-0.05, 0) is 47.2 Å². The van der Waals surface area contributed by atoms with Gasteiger partial charge in [-0.1, -0.05) is 62.4 Å². The van der Waals surface area contributed by atoms with E-state index in [4.69, 9.17) is 9.47 Å². The topological polar surface area (TPSA) is 76.7 Å². The van der Waals surface area contributed by atoms with Gasteiger partial charge in [0, 0.05) is 12.8 Å². The largest absolute Gasteiger partial charge is 0.497 e. The van der Waals surface area contributed by atoms with Crippen LogP contribution in [0.1, 0.15) is 49.9 Å². The predicted octanol–water partition coefficient (Wildman–Crippen LogP) is 4.90. The maximum atomic E-state index is 12.8. The van der Waals surface area contributed by atoms with Crippen LogP contribution in [0.4, 0.5) is 0 Å². The lowest BCUT2D eigenvalue weighted by atomic mass is 9.92. The first-order valence-electron chi connectivity index (χ1n) is 11.6. The quantitative estimate of drug-likeness (QED) is 0.634. The second kappa shape index (κ2) is 12.1. The number of amides is 2. The maximum Gasteiger partial charge on any atom is 0.224 e. The zero-order chi connectivity index (χ0) is 24.5. The molecule has 4 atom stereocenters. The van der Waals surface area contributed by atoms with E-state index in [2.05, 4.69) is 10.6 Å². The molecule has 0 spiro atoms. The molecule has 2 amide bonds. The normalized spacial score (nSPS) is 24.0. The molecule has 2 aromatic carbocycles. The molecule has 180 valence electrons. The third-order valence-corrected chi connectivity index (χ3v) is 6.08. The summed E-state index contributed by atoms with van der Waals surface area (Å²) in [6, 6.07) is 14.9. The molecule has 2 N–H and O–H groups in total. The Morgan fingerprint density at radius 2 is 1.12 bits per heavy atom. The Labute approximate surface area is 202 Å². The minimum atomic E-state index is -0.236. The number of rotatable bonds is 4. The number of ether oxygens (including phenoxy) is 2. The Hall–Kier alpha value is -3.54. The number of carbonyl (C=O) groups is 2. The molecule has 1 aliphatic heterocycles. The van der Waals surface area contributed by atoms with Crippen molar-refractivity contribution in [2.75, 3.05) is 14.2 Å². The van der Waals surface area contributed by atoms with E-state index in [-0.39, 0.29) is 48.6 Å². The van der Waals surface area contributed by atoms with Gasteiger partial charge >= 0.3 is 0 Å². The molecule has 0 unspecified atom stereocenters. The van der Waals surface area contributed by atoms with Crippen LogP contribution in [0.5, 0.6) is 11.5 Å². The van der Waals surface area contributed by atoms with Crippen molar-refractivity contribution in [3.05, 3.63) is 84.0 Å². The van der Waals surface area contributed by atoms with E-state index < -0.39 is 0 Å². The molecule has 0 fully saturated rings. The summed E-state index contributed by atoms with van der Waals surface area (Å²) >= 11 is 0. The molecular weight excluding hydrogens is 428 g/mol. The van der Waals surface area contributed by atoms with Gasteiger partial charge < -0.3 is 20.1 Å². The van der Waals surface area contributed by atoms with Gasteiger partial charge in [0.25, 0.3) is 0 Å². The van der Waals surface area contributed by atoms with E-state index in [1.807, 2.05) is 86.7 Å². The summed E-state index contributed by atoms with van der Waals surface area (Å²) < 4.78 is 10.7. The molecule has 0 radical (unpaired) electrons. The van der Waals surface area contributed by atoms with Gasteiger partial charge in [0.1, 0.15) is 11.5 Å². The van der Waals surface area contributed by atoms with Crippen LogP contribution in [0.2, 0.25) is 0 Å². The Morgan fingerprint density at radius 1 is 0.706 bits per heavy atom. The highest BCUT2D eigenvalue weighted by Crippen LogP contribution is 2.28. The Morgan fingerprint density at radius 3 is 1.50 bits per heavy atom. The van der Waals surface area contributed by atoms with Gasteiger partial charge in [0.2, 0.25) is 11.8 Å². The summed E-state index contributed by atoms with van der Waals surface area (Å²) in [5.74, 6) is 1.30. The van der Waals surface area contributed by atoms with Crippen molar-refractivity contribution >= 4 is 11.8 Å². The number of hydrogen-bond donors (Lipinski definition) is 2. The fraction of sp³-hybridized carbons (Fsp3) is 0.357. The van der Waals surface area contributed by atoms with E-state index >= 15 is 0 Å². The lowest BCUT2D eigenvalue weighted by Gasteiger charge is -2.25. The SMILES string of the molecule is COc1cccc([C@H]2NC(=O)CC=C[C@H](C)[C@@H](c3cccc(OC)c3)NC(=O)CC=C[C@H]2C)c1. The monoisotopic (exact) mass is 462 g/mol. The summed E-state index contributed by atoms with van der Waals surface area (Å²) in [6.07, 6.45) is 8.20. The molecule has 0 aliphatic carbocycles. The minimum absolute atomic E-state index is 0.0242. The molecule has 1 heterocycles. The fourth-order valence-electron chi connectivity index (χ4n) is 4.17. The van der Waals surface area contributed by atoms with Crippen LogP contribution >= 0.6 is 0 Å². The van der Waals surface area contributed by atoms with E-state index in [0.717, 1.165) is 22.6 Å². The van der Waals surface area contributed by atoms with Gasteiger partial charge in [0.15, 0.2) is 0 Å². The average Bonchev–Trinajstić information content (AvgIpc) is 2.85. The first kappa shape index (κ1) is 25.1. The average molecular weight is 463 g/mol. The maximum absolute atomic E-state index is 12.8. The van der Waals surface area contributed by atoms with E-state index in [9.17, 15) is 9.59 Å². The molecule has 34 heavy (non-hydrogen) atoms. The molecule has 0 aromatic heterocycles. The molecular formula is C28H34N2O4. The molecule has 0 saturated carbocycles. The standard InChI is InChI=1S/C28H34N2O4/c1-19-9-5-15-26(32)30-28(22-12-8-14-24(18-22)34-4)20(2)10-6-16-25(31)29-27(19)21-11-7-13-23(17-21)33-3/h5-14,17-20,27-28H,15-16H2,1-4H3,(H,29,31)(H,30,32)/t19-,20+,27-,28-/m0/s1. The van der Waals surface area contributed by atoms with Gasteiger partial charge in [-0.15, -0.1) is 0 Å². The molecule has 6 nitrogen and oxygen atoms in total. The Balaban J connectivity index is 1.86. The van der Waals surface area contributed by atoms with Crippen LogP contribution in [0.25, 0.3) is 0 Å². The van der Waals surface area contributed by atoms with Crippen molar-refractivity contribution in [1.29, 1.82) is 0 Å². The van der Waals surface area contributed by atoms with Crippen LogP contribution in [-0.2, 0) is 9.59 Å². The smallest absolute Gasteiger partial charge is 0.224 e. The number of methoxy groups -OCH3 is 2. The van der Waals surface area contributed by atoms with E-state index in [1.165, 1.54) is 0 Å². The van der Waals surface area contributed by atoms with Gasteiger partial charge in [-0.25, -0.2) is 0 Å². The summed E-state index contributed by atoms with van der Waals surface area (Å²) in [6.45, 7) is 4.06. The summed E-state index contributed by atoms with van der Waals surface area (Å²) in [5.41, 5.74) is 1.91. The van der Waals surface area contributed by atoms with Crippen molar-refractivity contribution in [3.63, 3.8) is 0 Å². The highest BCUT2D eigenvalue weighted by molar-refractivity contribution is 5.79. The van der Waals surface area contributed by atoms with Crippen LogP contribution in [0.3, 0.4) is 0 Å². The predicted molar refractivity (Wildman–Crippen MR) is 134 cm³/mol.